The third kappa shape index (κ3) is 7.26. The van der Waals surface area contributed by atoms with E-state index in [0.717, 1.165) is 32.1 Å². The van der Waals surface area contributed by atoms with Gasteiger partial charge in [-0.1, -0.05) is 60.5 Å². The number of hydrogen-bond acceptors (Lipinski definition) is 4. The highest BCUT2D eigenvalue weighted by Gasteiger charge is 2.33. The topological polar surface area (TPSA) is 86.8 Å². The predicted octanol–water partition coefficient (Wildman–Crippen LogP) is 5.06. The van der Waals surface area contributed by atoms with Gasteiger partial charge in [-0.05, 0) is 82.0 Å². The zero-order chi connectivity index (χ0) is 28.7. The molecule has 1 atom stereocenters. The van der Waals surface area contributed by atoms with Gasteiger partial charge in [0.05, 0.1) is 10.6 Å². The molecule has 0 heterocycles. The van der Waals surface area contributed by atoms with Crippen LogP contribution in [0.25, 0.3) is 0 Å². The van der Waals surface area contributed by atoms with Gasteiger partial charge in [0.2, 0.25) is 11.8 Å². The Morgan fingerprint density at radius 3 is 1.95 bits per heavy atom. The molecular formula is C31H39N3O4S. The monoisotopic (exact) mass is 549 g/mol. The summed E-state index contributed by atoms with van der Waals surface area (Å²) in [4.78, 5) is 28.6. The van der Waals surface area contributed by atoms with Crippen molar-refractivity contribution in [3.05, 3.63) is 94.5 Å². The number of hydrogen-bond donors (Lipinski definition) is 1. The number of likely N-dealkylation sites (N-methyl/N-ethyl adjacent to an activating group) is 1. The molecule has 0 radical (unpaired) electrons. The molecule has 0 aliphatic heterocycles. The highest BCUT2D eigenvalue weighted by Crippen LogP contribution is 2.27. The van der Waals surface area contributed by atoms with Crippen LogP contribution in [0.2, 0.25) is 0 Å². The Bertz CT molecular complexity index is 1400. The summed E-state index contributed by atoms with van der Waals surface area (Å²) in [7, 11) is -4.09. The van der Waals surface area contributed by atoms with Crippen molar-refractivity contribution in [2.75, 3.05) is 17.4 Å². The molecule has 0 fully saturated rings. The highest BCUT2D eigenvalue weighted by atomic mass is 32.2. The number of aryl methyl sites for hydroxylation is 4. The summed E-state index contributed by atoms with van der Waals surface area (Å²) >= 11 is 0. The molecule has 3 rings (SSSR count). The van der Waals surface area contributed by atoms with Gasteiger partial charge in [0.1, 0.15) is 12.6 Å². The van der Waals surface area contributed by atoms with Gasteiger partial charge < -0.3 is 10.2 Å². The molecule has 3 aromatic rings. The maximum Gasteiger partial charge on any atom is 0.264 e. The molecule has 0 saturated heterocycles. The average molecular weight is 550 g/mol. The second-order valence-corrected chi connectivity index (χ2v) is 11.8. The standard InChI is InChI=1S/C31H39N3O4S/c1-7-29(31(36)32-8-2)33(20-26-14-9-22(3)10-15-26)30(35)21-34(27-16-13-24(5)25(6)19-27)39(37,38)28-17-11-23(4)12-18-28/h9-19,29H,7-8,20-21H2,1-6H3,(H,32,36). The Hall–Kier alpha value is -3.65. The third-order valence-electron chi connectivity index (χ3n) is 6.88. The first-order valence-corrected chi connectivity index (χ1v) is 14.7. The van der Waals surface area contributed by atoms with Crippen molar-refractivity contribution in [1.82, 2.24) is 10.2 Å². The first-order valence-electron chi connectivity index (χ1n) is 13.3. The molecule has 1 N–H and O–H groups in total. The lowest BCUT2D eigenvalue weighted by Crippen LogP contribution is -2.52. The molecule has 39 heavy (non-hydrogen) atoms. The molecule has 0 saturated carbocycles. The number of amides is 2. The summed E-state index contributed by atoms with van der Waals surface area (Å²) in [6, 6.07) is 18.9. The second kappa shape index (κ2) is 12.9. The van der Waals surface area contributed by atoms with Crippen molar-refractivity contribution in [1.29, 1.82) is 0 Å². The summed E-state index contributed by atoms with van der Waals surface area (Å²) < 4.78 is 29.0. The summed E-state index contributed by atoms with van der Waals surface area (Å²) in [5.74, 6) is -0.720. The van der Waals surface area contributed by atoms with E-state index in [4.69, 9.17) is 0 Å². The van der Waals surface area contributed by atoms with Crippen molar-refractivity contribution in [3.63, 3.8) is 0 Å². The van der Waals surface area contributed by atoms with Gasteiger partial charge >= 0.3 is 0 Å². The minimum atomic E-state index is -4.09. The Labute approximate surface area is 232 Å². The summed E-state index contributed by atoms with van der Waals surface area (Å²) in [5, 5.41) is 2.82. The van der Waals surface area contributed by atoms with Crippen molar-refractivity contribution in [3.8, 4) is 0 Å². The van der Waals surface area contributed by atoms with E-state index in [1.807, 2.05) is 71.9 Å². The Balaban J connectivity index is 2.08. The minimum Gasteiger partial charge on any atom is -0.355 e. The number of anilines is 1. The van der Waals surface area contributed by atoms with Crippen LogP contribution in [0.1, 0.15) is 48.1 Å². The van der Waals surface area contributed by atoms with E-state index in [2.05, 4.69) is 5.32 Å². The number of nitrogens with one attached hydrogen (secondary N) is 1. The van der Waals surface area contributed by atoms with Crippen LogP contribution in [-0.4, -0.2) is 44.3 Å². The van der Waals surface area contributed by atoms with Crippen molar-refractivity contribution >= 4 is 27.5 Å². The van der Waals surface area contributed by atoms with Crippen molar-refractivity contribution in [2.45, 2.75) is 65.4 Å². The van der Waals surface area contributed by atoms with Gasteiger partial charge in [0.15, 0.2) is 0 Å². The van der Waals surface area contributed by atoms with Crippen LogP contribution in [0.4, 0.5) is 5.69 Å². The molecule has 0 spiro atoms. The zero-order valence-corrected chi connectivity index (χ0v) is 24.5. The van der Waals surface area contributed by atoms with Gasteiger partial charge in [-0.15, -0.1) is 0 Å². The molecule has 3 aromatic carbocycles. The third-order valence-corrected chi connectivity index (χ3v) is 8.66. The molecule has 0 bridgehead atoms. The van der Waals surface area contributed by atoms with E-state index in [0.29, 0.717) is 18.7 Å². The molecule has 8 heteroatoms. The molecule has 208 valence electrons. The van der Waals surface area contributed by atoms with Gasteiger partial charge in [-0.3, -0.25) is 13.9 Å². The first kappa shape index (κ1) is 29.9. The van der Waals surface area contributed by atoms with Crippen LogP contribution in [0.5, 0.6) is 0 Å². The largest absolute Gasteiger partial charge is 0.355 e. The lowest BCUT2D eigenvalue weighted by atomic mass is 10.1. The van der Waals surface area contributed by atoms with Crippen LogP contribution in [-0.2, 0) is 26.2 Å². The zero-order valence-electron chi connectivity index (χ0n) is 23.7. The number of benzene rings is 3. The van der Waals surface area contributed by atoms with E-state index < -0.39 is 28.5 Å². The number of carbonyl (C=O) groups excluding carboxylic acids is 2. The fourth-order valence-corrected chi connectivity index (χ4v) is 5.75. The smallest absolute Gasteiger partial charge is 0.264 e. The van der Waals surface area contributed by atoms with Crippen LogP contribution >= 0.6 is 0 Å². The Morgan fingerprint density at radius 1 is 0.821 bits per heavy atom. The number of rotatable bonds is 11. The van der Waals surface area contributed by atoms with Crippen molar-refractivity contribution in [2.24, 2.45) is 0 Å². The number of carbonyl (C=O) groups is 2. The maximum atomic E-state index is 14.0. The fourth-order valence-electron chi connectivity index (χ4n) is 4.35. The number of nitrogens with zero attached hydrogens (tertiary/aromatic N) is 2. The maximum absolute atomic E-state index is 14.0. The summed E-state index contributed by atoms with van der Waals surface area (Å²) in [5.41, 5.74) is 5.19. The molecular weight excluding hydrogens is 510 g/mol. The highest BCUT2D eigenvalue weighted by molar-refractivity contribution is 7.92. The summed E-state index contributed by atoms with van der Waals surface area (Å²) in [6.45, 7) is 11.6. The quantitative estimate of drug-likeness (QED) is 0.362. The molecule has 0 aliphatic rings. The first-order chi connectivity index (χ1) is 18.5. The molecule has 0 aliphatic carbocycles. The van der Waals surface area contributed by atoms with Crippen LogP contribution in [0.15, 0.2) is 71.6 Å². The van der Waals surface area contributed by atoms with Gasteiger partial charge in [0, 0.05) is 13.1 Å². The van der Waals surface area contributed by atoms with E-state index >= 15 is 0 Å². The van der Waals surface area contributed by atoms with Crippen molar-refractivity contribution < 1.29 is 18.0 Å². The van der Waals surface area contributed by atoms with E-state index in [1.165, 1.54) is 4.90 Å². The van der Waals surface area contributed by atoms with Gasteiger partial charge in [-0.25, -0.2) is 8.42 Å². The van der Waals surface area contributed by atoms with E-state index in [1.54, 1.807) is 36.4 Å². The Kier molecular flexibility index (Phi) is 9.92. The SMILES string of the molecule is CCNC(=O)C(CC)N(Cc1ccc(C)cc1)C(=O)CN(c1ccc(C)c(C)c1)S(=O)(=O)c1ccc(C)cc1. The van der Waals surface area contributed by atoms with E-state index in [9.17, 15) is 18.0 Å². The number of sulfonamides is 1. The van der Waals surface area contributed by atoms with Gasteiger partial charge in [-0.2, -0.15) is 0 Å². The predicted molar refractivity (Wildman–Crippen MR) is 156 cm³/mol. The van der Waals surface area contributed by atoms with E-state index in [-0.39, 0.29) is 17.3 Å². The normalized spacial score (nSPS) is 12.1. The second-order valence-electron chi connectivity index (χ2n) is 9.92. The van der Waals surface area contributed by atoms with Crippen LogP contribution in [0, 0.1) is 27.7 Å². The lowest BCUT2D eigenvalue weighted by molar-refractivity contribution is -0.140. The summed E-state index contributed by atoms with van der Waals surface area (Å²) in [6.07, 6.45) is 0.387. The van der Waals surface area contributed by atoms with Gasteiger partial charge in [0.25, 0.3) is 10.0 Å². The molecule has 2 amide bonds. The lowest BCUT2D eigenvalue weighted by Gasteiger charge is -2.33. The Morgan fingerprint density at radius 2 is 1.41 bits per heavy atom. The van der Waals surface area contributed by atoms with Crippen LogP contribution in [0.3, 0.4) is 0 Å². The molecule has 7 nitrogen and oxygen atoms in total. The van der Waals surface area contributed by atoms with Crippen LogP contribution < -0.4 is 9.62 Å². The minimum absolute atomic E-state index is 0.0972. The average Bonchev–Trinajstić information content (AvgIpc) is 2.90. The fraction of sp³-hybridized carbons (Fsp3) is 0.355. The molecule has 0 aromatic heterocycles. The molecule has 1 unspecified atom stereocenters.